The van der Waals surface area contributed by atoms with Gasteiger partial charge in [-0.3, -0.25) is 4.90 Å². The van der Waals surface area contributed by atoms with E-state index < -0.39 is 0 Å². The van der Waals surface area contributed by atoms with Crippen LogP contribution in [0.4, 0.5) is 0 Å². The molecule has 1 aliphatic rings. The van der Waals surface area contributed by atoms with Crippen LogP contribution in [0.25, 0.3) is 0 Å². The van der Waals surface area contributed by atoms with E-state index in [1.54, 1.807) is 0 Å². The van der Waals surface area contributed by atoms with Gasteiger partial charge in [-0.05, 0) is 31.2 Å². The van der Waals surface area contributed by atoms with Gasteiger partial charge < -0.3 is 9.84 Å². The summed E-state index contributed by atoms with van der Waals surface area (Å²) in [6, 6.07) is 8.83. The molecule has 1 fully saturated rings. The molecule has 0 amide bonds. The summed E-state index contributed by atoms with van der Waals surface area (Å²) < 4.78 is 5.42. The maximum atomic E-state index is 8.72. The molecule has 0 aromatic heterocycles. The lowest BCUT2D eigenvalue weighted by atomic mass is 10.1. The highest BCUT2D eigenvalue weighted by atomic mass is 16.5. The molecule has 0 spiro atoms. The van der Waals surface area contributed by atoms with Gasteiger partial charge in [0, 0.05) is 31.2 Å². The predicted octanol–water partition coefficient (Wildman–Crippen LogP) is 1.64. The van der Waals surface area contributed by atoms with Crippen molar-refractivity contribution in [2.24, 2.45) is 0 Å². The Labute approximate surface area is 115 Å². The van der Waals surface area contributed by atoms with Crippen LogP contribution >= 0.6 is 0 Å². The molecule has 1 atom stereocenters. The average molecular weight is 259 g/mol. The topological polar surface area (TPSA) is 32.7 Å². The van der Waals surface area contributed by atoms with Crippen LogP contribution < -0.4 is 0 Å². The van der Waals surface area contributed by atoms with Crippen molar-refractivity contribution in [2.45, 2.75) is 25.4 Å². The molecule has 0 radical (unpaired) electrons. The van der Waals surface area contributed by atoms with Gasteiger partial charge in [-0.2, -0.15) is 0 Å². The minimum atomic E-state index is 0.122. The molecule has 1 N–H and O–H groups in total. The average Bonchev–Trinajstić information content (AvgIpc) is 2.93. The Morgan fingerprint density at radius 1 is 1.47 bits per heavy atom. The first-order valence-electron chi connectivity index (χ1n) is 6.76. The summed E-state index contributed by atoms with van der Waals surface area (Å²) in [7, 11) is 2.14. The van der Waals surface area contributed by atoms with Gasteiger partial charge in [-0.1, -0.05) is 24.0 Å². The van der Waals surface area contributed by atoms with E-state index >= 15 is 0 Å². The Morgan fingerprint density at radius 2 is 2.37 bits per heavy atom. The summed E-state index contributed by atoms with van der Waals surface area (Å²) in [5.41, 5.74) is 2.28. The summed E-state index contributed by atoms with van der Waals surface area (Å²) in [5.74, 6) is 6.03. The highest BCUT2D eigenvalue weighted by molar-refractivity contribution is 5.37. The summed E-state index contributed by atoms with van der Waals surface area (Å²) in [6.45, 7) is 2.76. The smallest absolute Gasteiger partial charge is 0.0622 e. The Morgan fingerprint density at radius 3 is 3.11 bits per heavy atom. The summed E-state index contributed by atoms with van der Waals surface area (Å²) in [4.78, 5) is 2.34. The Bertz CT molecular complexity index is 455. The number of benzene rings is 1. The second kappa shape index (κ2) is 7.30. The van der Waals surface area contributed by atoms with Crippen molar-refractivity contribution >= 4 is 0 Å². The third-order valence-corrected chi connectivity index (χ3v) is 3.36. The van der Waals surface area contributed by atoms with Crippen LogP contribution in [0.1, 0.15) is 24.0 Å². The van der Waals surface area contributed by atoms with Crippen LogP contribution in [-0.2, 0) is 11.3 Å². The van der Waals surface area contributed by atoms with Gasteiger partial charge in [0.2, 0.25) is 0 Å². The maximum absolute atomic E-state index is 8.72. The molecule has 0 saturated carbocycles. The normalized spacial score (nSPS) is 18.4. The lowest BCUT2D eigenvalue weighted by molar-refractivity contribution is 0.156. The number of aliphatic hydroxyl groups is 1. The number of hydrogen-bond acceptors (Lipinski definition) is 3. The number of nitrogens with zero attached hydrogens (tertiary/aromatic N) is 1. The van der Waals surface area contributed by atoms with E-state index in [-0.39, 0.29) is 6.61 Å². The fourth-order valence-corrected chi connectivity index (χ4v) is 2.25. The Balaban J connectivity index is 1.96. The van der Waals surface area contributed by atoms with E-state index in [1.165, 1.54) is 5.56 Å². The maximum Gasteiger partial charge on any atom is 0.0622 e. The first-order chi connectivity index (χ1) is 9.29. The van der Waals surface area contributed by atoms with Crippen molar-refractivity contribution in [1.29, 1.82) is 0 Å². The Hall–Kier alpha value is -1.34. The fourth-order valence-electron chi connectivity index (χ4n) is 2.25. The van der Waals surface area contributed by atoms with Gasteiger partial charge in [0.05, 0.1) is 13.2 Å². The van der Waals surface area contributed by atoms with Crippen molar-refractivity contribution in [3.05, 3.63) is 35.4 Å². The first-order valence-corrected chi connectivity index (χ1v) is 6.76. The predicted molar refractivity (Wildman–Crippen MR) is 75.7 cm³/mol. The van der Waals surface area contributed by atoms with Crippen molar-refractivity contribution in [2.75, 3.05) is 26.9 Å². The van der Waals surface area contributed by atoms with Crippen LogP contribution in [-0.4, -0.2) is 42.9 Å². The second-order valence-electron chi connectivity index (χ2n) is 4.91. The molecule has 1 saturated heterocycles. The minimum Gasteiger partial charge on any atom is -0.395 e. The molecule has 0 bridgehead atoms. The third kappa shape index (κ3) is 4.36. The molecule has 2 rings (SSSR count). The van der Waals surface area contributed by atoms with E-state index in [0.717, 1.165) is 31.7 Å². The minimum absolute atomic E-state index is 0.122. The molecule has 1 heterocycles. The molecule has 1 aromatic rings. The molecule has 1 unspecified atom stereocenters. The Kier molecular flexibility index (Phi) is 5.41. The van der Waals surface area contributed by atoms with Gasteiger partial charge in [0.15, 0.2) is 0 Å². The van der Waals surface area contributed by atoms with Crippen LogP contribution in [0.5, 0.6) is 0 Å². The highest BCUT2D eigenvalue weighted by Crippen LogP contribution is 2.14. The van der Waals surface area contributed by atoms with E-state index in [4.69, 9.17) is 9.84 Å². The molecular weight excluding hydrogens is 238 g/mol. The second-order valence-corrected chi connectivity index (χ2v) is 4.91. The number of aliphatic hydroxyl groups excluding tert-OH is 1. The number of rotatable bonds is 4. The van der Waals surface area contributed by atoms with Crippen LogP contribution in [0, 0.1) is 11.8 Å². The molecule has 19 heavy (non-hydrogen) atoms. The van der Waals surface area contributed by atoms with Gasteiger partial charge in [-0.15, -0.1) is 0 Å². The lowest BCUT2D eigenvalue weighted by Gasteiger charge is -2.22. The van der Waals surface area contributed by atoms with Gasteiger partial charge in [-0.25, -0.2) is 0 Å². The number of hydrogen-bond donors (Lipinski definition) is 1. The van der Waals surface area contributed by atoms with Gasteiger partial charge in [0.25, 0.3) is 0 Å². The standard InChI is InChI=1S/C16H21NO2/c1-17(16-8-10-19-13-16)12-15-7-4-6-14(11-15)5-2-3-9-18/h4,6-7,11,16,18H,3,8-10,12-13H2,1H3. The first kappa shape index (κ1) is 14.1. The zero-order valence-corrected chi connectivity index (χ0v) is 11.4. The quantitative estimate of drug-likeness (QED) is 0.834. The van der Waals surface area contributed by atoms with Crippen LogP contribution in [0.2, 0.25) is 0 Å². The monoisotopic (exact) mass is 259 g/mol. The van der Waals surface area contributed by atoms with Crippen molar-refractivity contribution in [3.63, 3.8) is 0 Å². The molecular formula is C16H21NO2. The summed E-state index contributed by atoms with van der Waals surface area (Å²) in [5, 5.41) is 8.72. The molecule has 1 aromatic carbocycles. The summed E-state index contributed by atoms with van der Waals surface area (Å²) in [6.07, 6.45) is 1.65. The molecule has 3 nitrogen and oxygen atoms in total. The van der Waals surface area contributed by atoms with E-state index in [1.807, 2.05) is 12.1 Å². The molecule has 102 valence electrons. The fraction of sp³-hybridized carbons (Fsp3) is 0.500. The number of ether oxygens (including phenoxy) is 1. The zero-order valence-electron chi connectivity index (χ0n) is 11.4. The number of likely N-dealkylation sites (N-methyl/N-ethyl adjacent to an activating group) is 1. The van der Waals surface area contributed by atoms with Gasteiger partial charge in [0.1, 0.15) is 0 Å². The molecule has 0 aliphatic carbocycles. The zero-order chi connectivity index (χ0) is 13.5. The molecule has 3 heteroatoms. The van der Waals surface area contributed by atoms with E-state index in [2.05, 4.69) is 35.9 Å². The van der Waals surface area contributed by atoms with E-state index in [9.17, 15) is 0 Å². The largest absolute Gasteiger partial charge is 0.395 e. The van der Waals surface area contributed by atoms with Crippen molar-refractivity contribution < 1.29 is 9.84 Å². The van der Waals surface area contributed by atoms with Crippen LogP contribution in [0.15, 0.2) is 24.3 Å². The third-order valence-electron chi connectivity index (χ3n) is 3.36. The van der Waals surface area contributed by atoms with Crippen molar-refractivity contribution in [1.82, 2.24) is 4.90 Å². The summed E-state index contributed by atoms with van der Waals surface area (Å²) >= 11 is 0. The highest BCUT2D eigenvalue weighted by Gasteiger charge is 2.19. The lowest BCUT2D eigenvalue weighted by Crippen LogP contribution is -2.31. The van der Waals surface area contributed by atoms with E-state index in [0.29, 0.717) is 12.5 Å². The van der Waals surface area contributed by atoms with Crippen molar-refractivity contribution in [3.8, 4) is 11.8 Å². The van der Waals surface area contributed by atoms with Gasteiger partial charge >= 0.3 is 0 Å². The SMILES string of the molecule is CN(Cc1cccc(C#CCCO)c1)C1CCOC1. The molecule has 1 aliphatic heterocycles. The van der Waals surface area contributed by atoms with Crippen LogP contribution in [0.3, 0.4) is 0 Å².